The van der Waals surface area contributed by atoms with Crippen LogP contribution in [0.25, 0.3) is 97.0 Å². The van der Waals surface area contributed by atoms with Crippen LogP contribution in [0.4, 0.5) is 0 Å². The molecular weight excluding hydrogens is 649 g/mol. The lowest BCUT2D eigenvalue weighted by atomic mass is 9.85. The van der Waals surface area contributed by atoms with E-state index in [1.54, 1.807) is 0 Å². The van der Waals surface area contributed by atoms with Gasteiger partial charge in [0.15, 0.2) is 0 Å². The first-order chi connectivity index (χ1) is 26.4. The summed E-state index contributed by atoms with van der Waals surface area (Å²) in [6.45, 7) is 14.1. The lowest BCUT2D eigenvalue weighted by molar-refractivity contribution is 1.42. The fourth-order valence-corrected chi connectivity index (χ4v) is 9.93. The van der Waals surface area contributed by atoms with Crippen LogP contribution >= 0.6 is 0 Å². The highest BCUT2D eigenvalue weighted by Crippen LogP contribution is 2.44. The van der Waals surface area contributed by atoms with E-state index in [0.717, 1.165) is 0 Å². The van der Waals surface area contributed by atoms with E-state index < -0.39 is 0 Å². The van der Waals surface area contributed by atoms with Crippen molar-refractivity contribution in [2.24, 2.45) is 0 Å². The van der Waals surface area contributed by atoms with Crippen molar-refractivity contribution in [1.82, 2.24) is 0 Å². The highest BCUT2D eigenvalue weighted by Gasteiger charge is 2.18. The van der Waals surface area contributed by atoms with Gasteiger partial charge in [-0.25, -0.2) is 0 Å². The van der Waals surface area contributed by atoms with Crippen LogP contribution in [-0.4, -0.2) is 0 Å². The molecule has 0 saturated heterocycles. The highest BCUT2D eigenvalue weighted by atomic mass is 14.2. The van der Waals surface area contributed by atoms with Gasteiger partial charge in [0.05, 0.1) is 0 Å². The minimum Gasteiger partial charge on any atom is -0.0616 e. The zero-order valence-electron chi connectivity index (χ0n) is 31.9. The highest BCUT2D eigenvalue weighted by molar-refractivity contribution is 6.31. The quantitative estimate of drug-likeness (QED) is 0.139. The number of aryl methyl sites for hydroxylation is 6. The van der Waals surface area contributed by atoms with Crippen molar-refractivity contribution in [2.45, 2.75) is 41.5 Å². The van der Waals surface area contributed by atoms with Gasteiger partial charge in [0, 0.05) is 0 Å². The topological polar surface area (TPSA) is 0 Å². The van der Waals surface area contributed by atoms with Crippen LogP contribution in [0.3, 0.4) is 0 Å². The number of hydrogen-bond acceptors (Lipinski definition) is 0. The van der Waals surface area contributed by atoms with E-state index in [2.05, 4.69) is 187 Å². The van der Waals surface area contributed by atoms with Crippen molar-refractivity contribution in [3.63, 3.8) is 0 Å². The second kappa shape index (κ2) is 12.2. The molecule has 0 heterocycles. The molecule has 0 radical (unpaired) electrons. The van der Waals surface area contributed by atoms with Gasteiger partial charge in [-0.3, -0.25) is 0 Å². The van der Waals surface area contributed by atoms with Crippen LogP contribution in [0.2, 0.25) is 0 Å². The third kappa shape index (κ3) is 4.44. The molecule has 0 saturated carbocycles. The average Bonchev–Trinajstić information content (AvgIpc) is 3.22. The molecule has 6 bridgehead atoms. The fraction of sp³-hybridized carbons (Fsp3) is 0.111. The first-order valence-corrected chi connectivity index (χ1v) is 19.2. The number of rotatable bonds is 0. The second-order valence-electron chi connectivity index (χ2n) is 15.3. The molecule has 0 aliphatic heterocycles. The first-order valence-electron chi connectivity index (χ1n) is 19.2. The van der Waals surface area contributed by atoms with Gasteiger partial charge in [0.1, 0.15) is 0 Å². The predicted molar refractivity (Wildman–Crippen MR) is 239 cm³/mol. The van der Waals surface area contributed by atoms with E-state index in [1.807, 2.05) is 0 Å². The summed E-state index contributed by atoms with van der Waals surface area (Å²) in [5, 5.41) is 23.4. The molecule has 13 aromatic carbocycles. The molecule has 13 aromatic rings. The molecule has 258 valence electrons. The Balaban J connectivity index is 1.69. The third-order valence-corrected chi connectivity index (χ3v) is 12.7. The summed E-state index contributed by atoms with van der Waals surface area (Å²) in [5.41, 5.74) is 7.87. The maximum Gasteiger partial charge on any atom is -0.00668 e. The molecule has 0 fully saturated rings. The van der Waals surface area contributed by atoms with E-state index in [4.69, 9.17) is 0 Å². The summed E-state index contributed by atoms with van der Waals surface area (Å²) in [5.74, 6) is 0. The molecule has 0 amide bonds. The zero-order valence-corrected chi connectivity index (χ0v) is 31.9. The minimum absolute atomic E-state index is 1.29. The molecule has 54 heavy (non-hydrogen) atoms. The van der Waals surface area contributed by atoms with Crippen LogP contribution in [-0.2, 0) is 0 Å². The average molecular weight is 691 g/mol. The SMILES string of the molecule is Cc1c(C)c2c3ccccc3c(c(C)c(C)c3c4ccccc4c(c(C)c(C)c4c5ccccc5c1c1ccccc14)c1ccccc13)c1ccccc12. The summed E-state index contributed by atoms with van der Waals surface area (Å²) < 4.78 is 0. The molecule has 0 spiro atoms. The molecule has 0 aliphatic carbocycles. The largest absolute Gasteiger partial charge is 0.0616 e. The Hall–Kier alpha value is -6.24. The van der Waals surface area contributed by atoms with Crippen molar-refractivity contribution >= 4 is 97.0 Å². The van der Waals surface area contributed by atoms with E-state index in [9.17, 15) is 0 Å². The molecular formula is C54H42. The van der Waals surface area contributed by atoms with E-state index in [1.165, 1.54) is 130 Å². The van der Waals surface area contributed by atoms with Gasteiger partial charge < -0.3 is 0 Å². The molecule has 0 N–H and O–H groups in total. The molecule has 0 atom stereocenters. The monoisotopic (exact) mass is 690 g/mol. The van der Waals surface area contributed by atoms with Gasteiger partial charge in [-0.15, -0.1) is 0 Å². The molecule has 0 unspecified atom stereocenters. The van der Waals surface area contributed by atoms with Crippen LogP contribution in [0.5, 0.6) is 0 Å². The zero-order chi connectivity index (χ0) is 36.8. The standard InChI is InChI=1S/C54H42/c1-31-32(2)50-41-23-11-13-25-43(41)52(44-26-14-12-24-42(44)50)35(5)36(6)54-47-29-17-15-27-45(47)53(46-28-16-18-30-48(46)54)34(4)33(3)51-39-21-9-7-19-37(39)49(31)38-20-8-10-22-40(38)51/h7-30H,1-6H3. The van der Waals surface area contributed by atoms with Crippen LogP contribution in [0.15, 0.2) is 146 Å². The van der Waals surface area contributed by atoms with E-state index >= 15 is 0 Å². The smallest absolute Gasteiger partial charge is 0.00668 e. The molecule has 0 heteroatoms. The Morgan fingerprint density at radius 3 is 0.352 bits per heavy atom. The van der Waals surface area contributed by atoms with Crippen molar-refractivity contribution < 1.29 is 0 Å². The summed E-state index contributed by atoms with van der Waals surface area (Å²) >= 11 is 0. The van der Waals surface area contributed by atoms with Gasteiger partial charge in [-0.1, -0.05) is 146 Å². The van der Waals surface area contributed by atoms with Gasteiger partial charge in [-0.2, -0.15) is 0 Å². The maximum absolute atomic E-state index is 2.35. The molecule has 0 nitrogen and oxygen atoms in total. The van der Waals surface area contributed by atoms with Crippen LogP contribution in [0, 0.1) is 41.5 Å². The van der Waals surface area contributed by atoms with Gasteiger partial charge in [0.2, 0.25) is 0 Å². The van der Waals surface area contributed by atoms with Crippen molar-refractivity contribution in [1.29, 1.82) is 0 Å². The lowest BCUT2D eigenvalue weighted by Gasteiger charge is -2.18. The predicted octanol–water partition coefficient (Wildman–Crippen LogP) is 15.6. The second-order valence-corrected chi connectivity index (χ2v) is 15.3. The Morgan fingerprint density at radius 1 is 0.167 bits per heavy atom. The number of hydrogen-bond donors (Lipinski definition) is 0. The van der Waals surface area contributed by atoms with Crippen molar-refractivity contribution in [3.8, 4) is 0 Å². The summed E-state index contributed by atoms with van der Waals surface area (Å²) in [7, 11) is 0. The normalized spacial score (nSPS) is 11.9. The van der Waals surface area contributed by atoms with Crippen molar-refractivity contribution in [2.75, 3.05) is 0 Å². The fourth-order valence-electron chi connectivity index (χ4n) is 9.93. The van der Waals surface area contributed by atoms with E-state index in [0.29, 0.717) is 0 Å². The minimum atomic E-state index is 1.29. The molecule has 13 rings (SSSR count). The molecule has 0 aromatic heterocycles. The maximum atomic E-state index is 2.35. The molecule has 0 aliphatic rings. The van der Waals surface area contributed by atoms with E-state index in [-0.39, 0.29) is 0 Å². The van der Waals surface area contributed by atoms with Gasteiger partial charge in [-0.05, 0) is 172 Å². The third-order valence-electron chi connectivity index (χ3n) is 12.7. The van der Waals surface area contributed by atoms with Crippen LogP contribution < -0.4 is 0 Å². The van der Waals surface area contributed by atoms with Crippen LogP contribution in [0.1, 0.15) is 33.4 Å². The Morgan fingerprint density at radius 2 is 0.259 bits per heavy atom. The first kappa shape index (κ1) is 32.4. The summed E-state index contributed by atoms with van der Waals surface area (Å²) in [6.07, 6.45) is 0. The Labute approximate surface area is 316 Å². The number of benzene rings is 9. The summed E-state index contributed by atoms with van der Waals surface area (Å²) in [6, 6.07) is 54.6. The lowest BCUT2D eigenvalue weighted by Crippen LogP contribution is -1.93. The Bertz CT molecular complexity index is 2610. The van der Waals surface area contributed by atoms with Crippen molar-refractivity contribution in [3.05, 3.63) is 179 Å². The van der Waals surface area contributed by atoms with Gasteiger partial charge >= 0.3 is 0 Å². The summed E-state index contributed by atoms with van der Waals surface area (Å²) in [4.78, 5) is 0. The Kier molecular flexibility index (Phi) is 7.29. The van der Waals surface area contributed by atoms with Gasteiger partial charge in [0.25, 0.3) is 0 Å².